The molecule has 0 aliphatic carbocycles. The van der Waals surface area contributed by atoms with Crippen LogP contribution in [0.3, 0.4) is 0 Å². The van der Waals surface area contributed by atoms with Gasteiger partial charge in [0.2, 0.25) is 0 Å². The van der Waals surface area contributed by atoms with Crippen LogP contribution in [0.1, 0.15) is 28.4 Å². The zero-order chi connectivity index (χ0) is 18.9. The second-order valence-corrected chi connectivity index (χ2v) is 6.32. The molecule has 26 heavy (non-hydrogen) atoms. The number of carbonyl (C=O) groups excluding carboxylic acids is 1. The van der Waals surface area contributed by atoms with Crippen LogP contribution in [0.5, 0.6) is 0 Å². The summed E-state index contributed by atoms with van der Waals surface area (Å²) in [6.45, 7) is 3.77. The molecule has 0 spiro atoms. The Hall–Kier alpha value is -2.86. The molecule has 0 aliphatic rings. The molecule has 6 nitrogen and oxygen atoms in total. The molecular formula is C20H25N3O3. The molecule has 2 rings (SSSR count). The number of urea groups is 1. The maximum atomic E-state index is 11.9. The lowest BCUT2D eigenvalue weighted by molar-refractivity contribution is 0.0697. The number of hydrogen-bond donors (Lipinski definition) is 3. The number of amides is 2. The summed E-state index contributed by atoms with van der Waals surface area (Å²) in [6, 6.07) is 16.6. The van der Waals surface area contributed by atoms with E-state index in [4.69, 9.17) is 5.11 Å². The molecule has 2 amide bonds. The average molecular weight is 355 g/mol. The lowest BCUT2D eigenvalue weighted by atomic mass is 10.1. The number of benzene rings is 2. The fraction of sp³-hybridized carbons (Fsp3) is 0.300. The first kappa shape index (κ1) is 19.5. The molecule has 1 atom stereocenters. The van der Waals surface area contributed by atoms with Crippen LogP contribution in [-0.2, 0) is 13.1 Å². The number of nitrogens with one attached hydrogen (secondary N) is 2. The Balaban J connectivity index is 1.71. The van der Waals surface area contributed by atoms with E-state index in [0.717, 1.165) is 12.1 Å². The maximum Gasteiger partial charge on any atom is 0.335 e. The fourth-order valence-corrected chi connectivity index (χ4v) is 2.43. The van der Waals surface area contributed by atoms with E-state index in [1.807, 2.05) is 25.2 Å². The first-order chi connectivity index (χ1) is 12.5. The van der Waals surface area contributed by atoms with Crippen molar-refractivity contribution in [3.63, 3.8) is 0 Å². The molecule has 0 saturated carbocycles. The van der Waals surface area contributed by atoms with Crippen molar-refractivity contribution in [3.05, 3.63) is 71.3 Å². The average Bonchev–Trinajstić information content (AvgIpc) is 2.65. The third kappa shape index (κ3) is 6.22. The number of nitrogens with zero attached hydrogens (tertiary/aromatic N) is 1. The zero-order valence-electron chi connectivity index (χ0n) is 15.1. The van der Waals surface area contributed by atoms with Gasteiger partial charge in [-0.05, 0) is 37.2 Å². The summed E-state index contributed by atoms with van der Waals surface area (Å²) in [6.07, 6.45) is 0. The van der Waals surface area contributed by atoms with Crippen molar-refractivity contribution in [2.45, 2.75) is 26.1 Å². The van der Waals surface area contributed by atoms with Crippen LogP contribution in [0.4, 0.5) is 4.79 Å². The van der Waals surface area contributed by atoms with Crippen molar-refractivity contribution in [3.8, 4) is 0 Å². The van der Waals surface area contributed by atoms with Gasteiger partial charge >= 0.3 is 12.0 Å². The fourth-order valence-electron chi connectivity index (χ4n) is 2.43. The molecule has 3 N–H and O–H groups in total. The molecule has 0 saturated heterocycles. The normalized spacial score (nSPS) is 11.8. The van der Waals surface area contributed by atoms with E-state index in [1.165, 1.54) is 17.7 Å². The van der Waals surface area contributed by atoms with Gasteiger partial charge in [-0.1, -0.05) is 42.5 Å². The highest BCUT2D eigenvalue weighted by Crippen LogP contribution is 2.06. The third-order valence-electron chi connectivity index (χ3n) is 4.24. The highest BCUT2D eigenvalue weighted by atomic mass is 16.4. The number of aromatic carboxylic acids is 1. The molecule has 2 aromatic carbocycles. The lowest BCUT2D eigenvalue weighted by Crippen LogP contribution is -2.43. The quantitative estimate of drug-likeness (QED) is 0.680. The standard InChI is InChI=1S/C20H25N3O3/c1-15(23(2)14-17-6-4-3-5-7-17)12-21-20(26)22-13-16-8-10-18(11-9-16)19(24)25/h3-11,15H,12-14H2,1-2H3,(H,24,25)(H2,21,22,26). The Morgan fingerprint density at radius 1 is 1.00 bits per heavy atom. The van der Waals surface area contributed by atoms with Gasteiger partial charge in [0, 0.05) is 25.7 Å². The Bertz CT molecular complexity index is 717. The second-order valence-electron chi connectivity index (χ2n) is 6.32. The number of carbonyl (C=O) groups is 2. The van der Waals surface area contributed by atoms with Gasteiger partial charge in [-0.2, -0.15) is 0 Å². The number of rotatable bonds is 8. The Morgan fingerprint density at radius 3 is 2.27 bits per heavy atom. The topological polar surface area (TPSA) is 81.7 Å². The zero-order valence-corrected chi connectivity index (χ0v) is 15.1. The van der Waals surface area contributed by atoms with Crippen molar-refractivity contribution in [1.82, 2.24) is 15.5 Å². The second kappa shape index (κ2) is 9.58. The predicted octanol–water partition coefficient (Wildman–Crippen LogP) is 2.70. The van der Waals surface area contributed by atoms with E-state index >= 15 is 0 Å². The van der Waals surface area contributed by atoms with Crippen LogP contribution in [0.2, 0.25) is 0 Å². The lowest BCUT2D eigenvalue weighted by Gasteiger charge is -2.25. The minimum atomic E-state index is -0.962. The van der Waals surface area contributed by atoms with E-state index < -0.39 is 5.97 Å². The molecule has 0 radical (unpaired) electrons. The molecule has 0 fully saturated rings. The van der Waals surface area contributed by atoms with Crippen LogP contribution in [0.15, 0.2) is 54.6 Å². The van der Waals surface area contributed by atoms with E-state index in [1.54, 1.807) is 12.1 Å². The summed E-state index contributed by atoms with van der Waals surface area (Å²) in [5, 5.41) is 14.5. The smallest absolute Gasteiger partial charge is 0.335 e. The predicted molar refractivity (Wildman–Crippen MR) is 101 cm³/mol. The molecule has 2 aromatic rings. The summed E-state index contributed by atoms with van der Waals surface area (Å²) in [5.74, 6) is -0.962. The first-order valence-corrected chi connectivity index (χ1v) is 8.54. The molecule has 0 bridgehead atoms. The Kier molecular flexibility index (Phi) is 7.17. The molecule has 1 unspecified atom stereocenters. The summed E-state index contributed by atoms with van der Waals surface area (Å²) in [5.41, 5.74) is 2.31. The Labute approximate surface area is 153 Å². The minimum Gasteiger partial charge on any atom is -0.478 e. The van der Waals surface area contributed by atoms with Gasteiger partial charge in [0.05, 0.1) is 5.56 Å². The maximum absolute atomic E-state index is 11.9. The van der Waals surface area contributed by atoms with Crippen molar-refractivity contribution in [1.29, 1.82) is 0 Å². The SMILES string of the molecule is CC(CNC(=O)NCc1ccc(C(=O)O)cc1)N(C)Cc1ccccc1. The Morgan fingerprint density at radius 2 is 1.65 bits per heavy atom. The van der Waals surface area contributed by atoms with Crippen molar-refractivity contribution < 1.29 is 14.7 Å². The molecule has 0 aromatic heterocycles. The molecule has 0 heterocycles. The van der Waals surface area contributed by atoms with Crippen LogP contribution >= 0.6 is 0 Å². The van der Waals surface area contributed by atoms with E-state index in [9.17, 15) is 9.59 Å². The van der Waals surface area contributed by atoms with E-state index in [0.29, 0.717) is 13.1 Å². The highest BCUT2D eigenvalue weighted by Gasteiger charge is 2.11. The number of carboxylic acids is 1. The monoisotopic (exact) mass is 355 g/mol. The van der Waals surface area contributed by atoms with Crippen LogP contribution in [-0.4, -0.2) is 41.6 Å². The van der Waals surface area contributed by atoms with Gasteiger partial charge in [-0.3, -0.25) is 4.90 Å². The summed E-state index contributed by atoms with van der Waals surface area (Å²) in [7, 11) is 2.03. The summed E-state index contributed by atoms with van der Waals surface area (Å²) >= 11 is 0. The largest absolute Gasteiger partial charge is 0.478 e. The number of hydrogen-bond acceptors (Lipinski definition) is 3. The third-order valence-corrected chi connectivity index (χ3v) is 4.24. The van der Waals surface area contributed by atoms with Gasteiger partial charge in [0.25, 0.3) is 0 Å². The molecule has 0 aliphatic heterocycles. The van der Waals surface area contributed by atoms with Crippen LogP contribution < -0.4 is 10.6 Å². The molecule has 138 valence electrons. The van der Waals surface area contributed by atoms with Crippen molar-refractivity contribution in [2.75, 3.05) is 13.6 Å². The summed E-state index contributed by atoms with van der Waals surface area (Å²) in [4.78, 5) is 24.9. The van der Waals surface area contributed by atoms with Gasteiger partial charge < -0.3 is 15.7 Å². The number of carboxylic acid groups (broad SMARTS) is 1. The summed E-state index contributed by atoms with van der Waals surface area (Å²) < 4.78 is 0. The van der Waals surface area contributed by atoms with Crippen molar-refractivity contribution in [2.24, 2.45) is 0 Å². The van der Waals surface area contributed by atoms with E-state index in [-0.39, 0.29) is 17.6 Å². The minimum absolute atomic E-state index is 0.191. The van der Waals surface area contributed by atoms with Gasteiger partial charge in [-0.15, -0.1) is 0 Å². The van der Waals surface area contributed by atoms with E-state index in [2.05, 4.69) is 34.6 Å². The molecular weight excluding hydrogens is 330 g/mol. The van der Waals surface area contributed by atoms with Crippen LogP contribution in [0.25, 0.3) is 0 Å². The highest BCUT2D eigenvalue weighted by molar-refractivity contribution is 5.87. The van der Waals surface area contributed by atoms with Crippen LogP contribution in [0, 0.1) is 0 Å². The van der Waals surface area contributed by atoms with Crippen molar-refractivity contribution >= 4 is 12.0 Å². The van der Waals surface area contributed by atoms with Gasteiger partial charge in [0.1, 0.15) is 0 Å². The van der Waals surface area contributed by atoms with Gasteiger partial charge in [-0.25, -0.2) is 9.59 Å². The van der Waals surface area contributed by atoms with Gasteiger partial charge in [0.15, 0.2) is 0 Å². The first-order valence-electron chi connectivity index (χ1n) is 8.54. The number of likely N-dealkylation sites (N-methyl/N-ethyl adjacent to an activating group) is 1. The molecule has 6 heteroatoms.